The third-order valence-electron chi connectivity index (χ3n) is 2.97. The second kappa shape index (κ2) is 6.03. The molecule has 0 unspecified atom stereocenters. The number of hydrogen-bond acceptors (Lipinski definition) is 4. The molecular weight excluding hydrogens is 354 g/mol. The van der Waals surface area contributed by atoms with Gasteiger partial charge in [-0.3, -0.25) is 4.72 Å². The standard InChI is InChI=1S/C14H16BrN3O2S/c1-9-4-5-12(10(2)6-9)18-21(19,20)13-7-11(15)8-17-14(13)16-3/h4-8,18H,1-3H3,(H,16,17). The summed E-state index contributed by atoms with van der Waals surface area (Å²) in [6, 6.07) is 7.07. The SMILES string of the molecule is CNc1ncc(Br)cc1S(=O)(=O)Nc1ccc(C)cc1C. The number of pyridine rings is 1. The summed E-state index contributed by atoms with van der Waals surface area (Å²) in [6.07, 6.45) is 1.54. The third-order valence-corrected chi connectivity index (χ3v) is 4.78. The van der Waals surface area contributed by atoms with E-state index in [9.17, 15) is 8.42 Å². The minimum Gasteiger partial charge on any atom is -0.372 e. The Morgan fingerprint density at radius 2 is 1.90 bits per heavy atom. The van der Waals surface area contributed by atoms with Gasteiger partial charge in [-0.25, -0.2) is 13.4 Å². The van der Waals surface area contributed by atoms with Crippen LogP contribution in [0.2, 0.25) is 0 Å². The maximum atomic E-state index is 12.6. The van der Waals surface area contributed by atoms with Crippen LogP contribution in [0.4, 0.5) is 11.5 Å². The lowest BCUT2D eigenvalue weighted by atomic mass is 10.1. The van der Waals surface area contributed by atoms with Crippen molar-refractivity contribution in [1.29, 1.82) is 0 Å². The maximum absolute atomic E-state index is 12.6. The number of nitrogens with one attached hydrogen (secondary N) is 2. The van der Waals surface area contributed by atoms with Crippen LogP contribution in [0.3, 0.4) is 0 Å². The van der Waals surface area contributed by atoms with Gasteiger partial charge in [0, 0.05) is 17.7 Å². The van der Waals surface area contributed by atoms with E-state index in [-0.39, 0.29) is 4.90 Å². The Labute approximate surface area is 133 Å². The van der Waals surface area contributed by atoms with Gasteiger partial charge in [-0.2, -0.15) is 0 Å². The van der Waals surface area contributed by atoms with Gasteiger partial charge >= 0.3 is 0 Å². The van der Waals surface area contributed by atoms with Crippen molar-refractivity contribution in [2.75, 3.05) is 17.1 Å². The fraction of sp³-hybridized carbons (Fsp3) is 0.214. The summed E-state index contributed by atoms with van der Waals surface area (Å²) in [4.78, 5) is 4.16. The van der Waals surface area contributed by atoms with Gasteiger partial charge in [0.05, 0.1) is 5.69 Å². The quantitative estimate of drug-likeness (QED) is 0.866. The highest BCUT2D eigenvalue weighted by atomic mass is 79.9. The molecule has 0 spiro atoms. The Hall–Kier alpha value is -1.60. The van der Waals surface area contributed by atoms with Crippen LogP contribution in [0, 0.1) is 13.8 Å². The Kier molecular flexibility index (Phi) is 4.53. The first-order chi connectivity index (χ1) is 9.83. The van der Waals surface area contributed by atoms with Gasteiger partial charge in [-0.1, -0.05) is 17.7 Å². The van der Waals surface area contributed by atoms with Gasteiger partial charge in [-0.15, -0.1) is 0 Å². The first-order valence-corrected chi connectivity index (χ1v) is 8.54. The highest BCUT2D eigenvalue weighted by Gasteiger charge is 2.20. The fourth-order valence-electron chi connectivity index (χ4n) is 1.94. The van der Waals surface area contributed by atoms with Crippen LogP contribution >= 0.6 is 15.9 Å². The largest absolute Gasteiger partial charge is 0.372 e. The van der Waals surface area contributed by atoms with Gasteiger partial charge in [0.15, 0.2) is 0 Å². The van der Waals surface area contributed by atoms with Crippen molar-refractivity contribution in [3.63, 3.8) is 0 Å². The number of nitrogens with zero attached hydrogens (tertiary/aromatic N) is 1. The summed E-state index contributed by atoms with van der Waals surface area (Å²) in [7, 11) is -2.09. The summed E-state index contributed by atoms with van der Waals surface area (Å²) >= 11 is 3.24. The molecule has 0 amide bonds. The van der Waals surface area contributed by atoms with Crippen molar-refractivity contribution >= 4 is 37.5 Å². The molecule has 0 atom stereocenters. The number of hydrogen-bond donors (Lipinski definition) is 2. The zero-order valence-corrected chi connectivity index (χ0v) is 14.3. The number of aryl methyl sites for hydroxylation is 2. The second-order valence-electron chi connectivity index (χ2n) is 4.67. The van der Waals surface area contributed by atoms with E-state index in [1.807, 2.05) is 26.0 Å². The molecule has 112 valence electrons. The topological polar surface area (TPSA) is 71.1 Å². The van der Waals surface area contributed by atoms with Crippen LogP contribution in [0.5, 0.6) is 0 Å². The van der Waals surface area contributed by atoms with Crippen LogP contribution in [-0.4, -0.2) is 20.4 Å². The molecule has 2 N–H and O–H groups in total. The fourth-order valence-corrected chi connectivity index (χ4v) is 3.74. The summed E-state index contributed by atoms with van der Waals surface area (Å²) in [6.45, 7) is 3.83. The van der Waals surface area contributed by atoms with Crippen molar-refractivity contribution in [2.45, 2.75) is 18.7 Å². The summed E-state index contributed by atoms with van der Waals surface area (Å²) in [5.74, 6) is 0.301. The molecule has 2 rings (SSSR count). The minimum atomic E-state index is -3.72. The van der Waals surface area contributed by atoms with Crippen molar-refractivity contribution < 1.29 is 8.42 Å². The second-order valence-corrected chi connectivity index (χ2v) is 7.24. The Morgan fingerprint density at radius 1 is 1.19 bits per heavy atom. The smallest absolute Gasteiger partial charge is 0.265 e. The van der Waals surface area contributed by atoms with E-state index in [0.29, 0.717) is 16.0 Å². The monoisotopic (exact) mass is 369 g/mol. The van der Waals surface area contributed by atoms with Crippen LogP contribution < -0.4 is 10.0 Å². The maximum Gasteiger partial charge on any atom is 0.265 e. The molecule has 0 saturated heterocycles. The summed E-state index contributed by atoms with van der Waals surface area (Å²) in [5, 5.41) is 2.79. The third kappa shape index (κ3) is 3.54. The molecule has 1 aromatic carbocycles. The number of halogens is 1. The molecule has 0 bridgehead atoms. The Balaban J connectivity index is 2.45. The first-order valence-electron chi connectivity index (χ1n) is 6.27. The minimum absolute atomic E-state index is 0.0966. The lowest BCUT2D eigenvalue weighted by molar-refractivity contribution is 0.601. The van der Waals surface area contributed by atoms with E-state index in [1.165, 1.54) is 6.07 Å². The molecule has 5 nitrogen and oxygen atoms in total. The van der Waals surface area contributed by atoms with E-state index >= 15 is 0 Å². The normalized spacial score (nSPS) is 11.2. The molecule has 0 fully saturated rings. The predicted molar refractivity (Wildman–Crippen MR) is 88.2 cm³/mol. The predicted octanol–water partition coefficient (Wildman–Crippen LogP) is 3.30. The van der Waals surface area contributed by atoms with E-state index in [4.69, 9.17) is 0 Å². The Morgan fingerprint density at radius 3 is 2.52 bits per heavy atom. The van der Waals surface area contributed by atoms with Gasteiger partial charge in [0.25, 0.3) is 10.0 Å². The van der Waals surface area contributed by atoms with Crippen LogP contribution in [0.25, 0.3) is 0 Å². The Bertz CT molecular complexity index is 776. The molecule has 7 heteroatoms. The van der Waals surface area contributed by atoms with Gasteiger partial charge in [-0.05, 0) is 47.5 Å². The van der Waals surface area contributed by atoms with E-state index in [1.54, 1.807) is 19.3 Å². The molecule has 0 aliphatic rings. The number of aromatic nitrogens is 1. The van der Waals surface area contributed by atoms with Crippen LogP contribution in [0.1, 0.15) is 11.1 Å². The van der Waals surface area contributed by atoms with Crippen molar-refractivity contribution in [3.8, 4) is 0 Å². The van der Waals surface area contributed by atoms with Gasteiger partial charge < -0.3 is 5.32 Å². The molecule has 0 aliphatic carbocycles. The molecule has 0 saturated carbocycles. The molecule has 0 aliphatic heterocycles. The van der Waals surface area contributed by atoms with E-state index < -0.39 is 10.0 Å². The van der Waals surface area contributed by atoms with E-state index in [0.717, 1.165) is 11.1 Å². The summed E-state index contributed by atoms with van der Waals surface area (Å²) in [5.41, 5.74) is 2.51. The highest BCUT2D eigenvalue weighted by molar-refractivity contribution is 9.10. The molecular formula is C14H16BrN3O2S. The van der Waals surface area contributed by atoms with E-state index in [2.05, 4.69) is 31.0 Å². The highest BCUT2D eigenvalue weighted by Crippen LogP contribution is 2.26. The molecule has 1 aromatic heterocycles. The first kappa shape index (κ1) is 15.8. The molecule has 2 aromatic rings. The van der Waals surface area contributed by atoms with Crippen molar-refractivity contribution in [3.05, 3.63) is 46.1 Å². The van der Waals surface area contributed by atoms with Crippen LogP contribution in [-0.2, 0) is 10.0 Å². The number of sulfonamides is 1. The van der Waals surface area contributed by atoms with Crippen LogP contribution in [0.15, 0.2) is 39.8 Å². The average molecular weight is 370 g/mol. The molecule has 1 heterocycles. The molecule has 0 radical (unpaired) electrons. The zero-order chi connectivity index (χ0) is 15.6. The van der Waals surface area contributed by atoms with Gasteiger partial charge in [0.1, 0.15) is 10.7 Å². The van der Waals surface area contributed by atoms with Gasteiger partial charge in [0.2, 0.25) is 0 Å². The number of benzene rings is 1. The van der Waals surface area contributed by atoms with Crippen molar-refractivity contribution in [2.24, 2.45) is 0 Å². The lowest BCUT2D eigenvalue weighted by Crippen LogP contribution is -2.16. The molecule has 21 heavy (non-hydrogen) atoms. The summed E-state index contributed by atoms with van der Waals surface area (Å²) < 4.78 is 28.3. The zero-order valence-electron chi connectivity index (χ0n) is 11.9. The number of anilines is 2. The lowest BCUT2D eigenvalue weighted by Gasteiger charge is -2.13. The average Bonchev–Trinajstić information content (AvgIpc) is 2.42. The number of rotatable bonds is 4. The van der Waals surface area contributed by atoms with Crippen molar-refractivity contribution in [1.82, 2.24) is 4.98 Å².